The summed E-state index contributed by atoms with van der Waals surface area (Å²) in [7, 11) is 0. The van der Waals surface area contributed by atoms with Crippen LogP contribution in [-0.4, -0.2) is 57.4 Å². The lowest BCUT2D eigenvalue weighted by Gasteiger charge is -2.34. The van der Waals surface area contributed by atoms with E-state index >= 15 is 0 Å². The molecule has 1 amide bonds. The fourth-order valence-electron chi connectivity index (χ4n) is 4.44. The van der Waals surface area contributed by atoms with E-state index in [1.807, 2.05) is 41.5 Å². The van der Waals surface area contributed by atoms with Crippen LogP contribution in [-0.2, 0) is 4.74 Å². The van der Waals surface area contributed by atoms with Gasteiger partial charge in [0.25, 0.3) is 0 Å². The molecule has 0 spiro atoms. The summed E-state index contributed by atoms with van der Waals surface area (Å²) in [6.45, 7) is 12.9. The molecule has 1 fully saturated rings. The van der Waals surface area contributed by atoms with Crippen molar-refractivity contribution in [2.45, 2.75) is 66.0 Å². The van der Waals surface area contributed by atoms with Gasteiger partial charge in [0.15, 0.2) is 11.6 Å². The molecule has 1 aromatic carbocycles. The fraction of sp³-hybridized carbons (Fsp3) is 0.520. The highest BCUT2D eigenvalue weighted by molar-refractivity contribution is 5.92. The van der Waals surface area contributed by atoms with E-state index in [1.54, 1.807) is 16.8 Å². The first kappa shape index (κ1) is 24.7. The first-order chi connectivity index (χ1) is 16.6. The van der Waals surface area contributed by atoms with Gasteiger partial charge in [-0.2, -0.15) is 10.2 Å². The first-order valence-corrected chi connectivity index (χ1v) is 12.0. The van der Waals surface area contributed by atoms with Crippen LogP contribution < -0.4 is 15.0 Å². The number of halogens is 1. The van der Waals surface area contributed by atoms with Crippen molar-refractivity contribution in [3.8, 4) is 11.4 Å². The Balaban J connectivity index is 1.66. The number of fused-ring (bicyclic) bond motifs is 1. The molecule has 35 heavy (non-hydrogen) atoms. The monoisotopic (exact) mass is 484 g/mol. The quantitative estimate of drug-likeness (QED) is 0.571. The number of rotatable bonds is 5. The van der Waals surface area contributed by atoms with Crippen LogP contribution in [0.4, 0.5) is 15.0 Å². The minimum atomic E-state index is -0.562. The molecule has 3 aromatic rings. The van der Waals surface area contributed by atoms with Gasteiger partial charge in [0.1, 0.15) is 22.6 Å². The number of alkyl carbamates (subject to hydrolysis) is 1. The average Bonchev–Trinajstić information content (AvgIpc) is 3.11. The number of carbonyl (C=O) groups is 1. The van der Waals surface area contributed by atoms with E-state index in [2.05, 4.69) is 20.4 Å². The van der Waals surface area contributed by atoms with Crippen molar-refractivity contribution in [3.63, 3.8) is 0 Å². The van der Waals surface area contributed by atoms with Crippen LogP contribution in [0.3, 0.4) is 0 Å². The van der Waals surface area contributed by atoms with Crippen LogP contribution in [0.15, 0.2) is 18.2 Å². The molecule has 9 nitrogen and oxygen atoms in total. The smallest absolute Gasteiger partial charge is 0.407 e. The van der Waals surface area contributed by atoms with Crippen LogP contribution >= 0.6 is 0 Å². The van der Waals surface area contributed by atoms with Gasteiger partial charge in [0, 0.05) is 25.2 Å². The Hall–Kier alpha value is -3.43. The van der Waals surface area contributed by atoms with Crippen LogP contribution in [0.25, 0.3) is 16.6 Å². The van der Waals surface area contributed by atoms with Crippen LogP contribution in [0.5, 0.6) is 5.75 Å². The van der Waals surface area contributed by atoms with Crippen molar-refractivity contribution >= 4 is 22.8 Å². The lowest BCUT2D eigenvalue weighted by atomic mass is 10.1. The molecule has 1 aliphatic heterocycles. The molecule has 0 unspecified atom stereocenters. The Kier molecular flexibility index (Phi) is 6.82. The molecule has 1 saturated heterocycles. The number of hydrogen-bond donors (Lipinski definition) is 1. The molecule has 3 heterocycles. The first-order valence-electron chi connectivity index (χ1n) is 12.0. The minimum Gasteiger partial charge on any atom is -0.494 e. The molecule has 1 atom stereocenters. The number of benzene rings is 1. The van der Waals surface area contributed by atoms with E-state index in [9.17, 15) is 9.18 Å². The molecule has 0 radical (unpaired) electrons. The number of ether oxygens (including phenoxy) is 2. The van der Waals surface area contributed by atoms with Crippen LogP contribution in [0.2, 0.25) is 0 Å². The lowest BCUT2D eigenvalue weighted by Crippen LogP contribution is -2.49. The minimum absolute atomic E-state index is 0.0940. The van der Waals surface area contributed by atoms with E-state index in [1.165, 1.54) is 6.07 Å². The summed E-state index contributed by atoms with van der Waals surface area (Å²) in [5.74, 6) is 0.668. The standard InChI is InChI=1S/C25H33FN6O3/c1-7-34-18-10-11-20(19(26)13-18)32-16(3)21-15(2)28-29-23(22(21)30-32)31-12-8-9-17(14-31)27-24(33)35-25(4,5)6/h10-11,13,17H,7-9,12,14H2,1-6H3,(H,27,33)/t17-/m0/s1. The molecule has 1 aliphatic rings. The maximum absolute atomic E-state index is 15.0. The maximum Gasteiger partial charge on any atom is 0.407 e. The van der Waals surface area contributed by atoms with Crippen LogP contribution in [0.1, 0.15) is 51.9 Å². The Morgan fingerprint density at radius 3 is 2.71 bits per heavy atom. The summed E-state index contributed by atoms with van der Waals surface area (Å²) < 4.78 is 27.4. The second-order valence-corrected chi connectivity index (χ2v) is 9.81. The molecule has 188 valence electrons. The van der Waals surface area contributed by atoms with E-state index in [-0.39, 0.29) is 6.04 Å². The second-order valence-electron chi connectivity index (χ2n) is 9.81. The number of nitrogens with zero attached hydrogens (tertiary/aromatic N) is 5. The Morgan fingerprint density at radius 1 is 1.26 bits per heavy atom. The zero-order valence-electron chi connectivity index (χ0n) is 21.2. The summed E-state index contributed by atoms with van der Waals surface area (Å²) in [6.07, 6.45) is 1.27. The molecule has 0 bridgehead atoms. The van der Waals surface area contributed by atoms with Crippen LogP contribution in [0, 0.1) is 19.7 Å². The summed E-state index contributed by atoms with van der Waals surface area (Å²) in [4.78, 5) is 14.4. The highest BCUT2D eigenvalue weighted by Crippen LogP contribution is 2.32. The third kappa shape index (κ3) is 5.31. The van der Waals surface area contributed by atoms with Gasteiger partial charge in [-0.1, -0.05) is 0 Å². The number of aryl methyl sites for hydroxylation is 2. The van der Waals surface area contributed by atoms with Crippen molar-refractivity contribution in [2.75, 3.05) is 24.6 Å². The van der Waals surface area contributed by atoms with Gasteiger partial charge in [-0.15, -0.1) is 5.10 Å². The van der Waals surface area contributed by atoms with Gasteiger partial charge in [0.05, 0.1) is 23.4 Å². The fourth-order valence-corrected chi connectivity index (χ4v) is 4.44. The largest absolute Gasteiger partial charge is 0.494 e. The predicted octanol–water partition coefficient (Wildman–Crippen LogP) is 4.46. The maximum atomic E-state index is 15.0. The molecule has 4 rings (SSSR count). The van der Waals surface area contributed by atoms with Crippen molar-refractivity contribution in [2.24, 2.45) is 0 Å². The van der Waals surface area contributed by atoms with Gasteiger partial charge in [-0.3, -0.25) is 0 Å². The SMILES string of the molecule is CCOc1ccc(-n2nc3c(N4CCC[C@H](NC(=O)OC(C)(C)C)C4)nnc(C)c3c2C)c(F)c1. The molecular weight excluding hydrogens is 451 g/mol. The number of amides is 1. The summed E-state index contributed by atoms with van der Waals surface area (Å²) >= 11 is 0. The van der Waals surface area contributed by atoms with Gasteiger partial charge in [-0.25, -0.2) is 13.9 Å². The van der Waals surface area contributed by atoms with Gasteiger partial charge in [-0.05, 0) is 66.5 Å². The number of piperidine rings is 1. The summed E-state index contributed by atoms with van der Waals surface area (Å²) in [5.41, 5.74) is 1.92. The number of nitrogens with one attached hydrogen (secondary N) is 1. The zero-order chi connectivity index (χ0) is 25.3. The number of carbonyl (C=O) groups excluding carboxylic acids is 1. The van der Waals surface area contributed by atoms with Crippen molar-refractivity contribution < 1.29 is 18.7 Å². The second kappa shape index (κ2) is 9.67. The Labute approximate surface area is 204 Å². The van der Waals surface area contributed by atoms with Gasteiger partial charge in [0.2, 0.25) is 0 Å². The highest BCUT2D eigenvalue weighted by atomic mass is 19.1. The Morgan fingerprint density at radius 2 is 2.03 bits per heavy atom. The molecule has 10 heteroatoms. The topological polar surface area (TPSA) is 94.4 Å². The third-order valence-corrected chi connectivity index (χ3v) is 5.88. The third-order valence-electron chi connectivity index (χ3n) is 5.88. The number of hydrogen-bond acceptors (Lipinski definition) is 7. The average molecular weight is 485 g/mol. The van der Waals surface area contributed by atoms with E-state index < -0.39 is 17.5 Å². The van der Waals surface area contributed by atoms with E-state index in [4.69, 9.17) is 14.6 Å². The lowest BCUT2D eigenvalue weighted by molar-refractivity contribution is 0.0500. The normalized spacial score (nSPS) is 16.4. The van der Waals surface area contributed by atoms with E-state index in [0.717, 1.165) is 36.2 Å². The van der Waals surface area contributed by atoms with E-state index in [0.29, 0.717) is 35.9 Å². The summed E-state index contributed by atoms with van der Waals surface area (Å²) in [6, 6.07) is 4.67. The highest BCUT2D eigenvalue weighted by Gasteiger charge is 2.28. The Bertz CT molecular complexity index is 1240. The molecular formula is C25H33FN6O3. The molecule has 0 saturated carbocycles. The zero-order valence-corrected chi connectivity index (χ0v) is 21.2. The number of anilines is 1. The number of aromatic nitrogens is 4. The van der Waals surface area contributed by atoms with Crippen molar-refractivity contribution in [1.29, 1.82) is 0 Å². The van der Waals surface area contributed by atoms with Gasteiger partial charge >= 0.3 is 6.09 Å². The van der Waals surface area contributed by atoms with Crippen molar-refractivity contribution in [3.05, 3.63) is 35.4 Å². The molecule has 0 aliphatic carbocycles. The summed E-state index contributed by atoms with van der Waals surface area (Å²) in [5, 5.41) is 17.4. The molecule has 1 N–H and O–H groups in total. The molecule has 2 aromatic heterocycles. The van der Waals surface area contributed by atoms with Gasteiger partial charge < -0.3 is 19.7 Å². The predicted molar refractivity (Wildman–Crippen MR) is 132 cm³/mol. The van der Waals surface area contributed by atoms with Crippen molar-refractivity contribution in [1.82, 2.24) is 25.3 Å².